The first kappa shape index (κ1) is 32.9. The zero-order valence-corrected chi connectivity index (χ0v) is 28.8. The van der Waals surface area contributed by atoms with E-state index in [-0.39, 0.29) is 17.6 Å². The summed E-state index contributed by atoms with van der Waals surface area (Å²) in [7, 11) is 1.75. The van der Waals surface area contributed by atoms with Crippen LogP contribution >= 0.6 is 0 Å². The van der Waals surface area contributed by atoms with E-state index in [4.69, 9.17) is 9.47 Å². The first-order valence-electron chi connectivity index (χ1n) is 17.4. The smallest absolute Gasteiger partial charge is 0.216 e. The number of nitrogens with zero attached hydrogens (tertiary/aromatic N) is 1. The second-order valence-electron chi connectivity index (χ2n) is 13.0. The second-order valence-corrected chi connectivity index (χ2v) is 13.0. The third kappa shape index (κ3) is 6.61. The van der Waals surface area contributed by atoms with E-state index in [9.17, 15) is 0 Å². The molecule has 0 bridgehead atoms. The zero-order valence-electron chi connectivity index (χ0n) is 28.8. The van der Waals surface area contributed by atoms with Crippen molar-refractivity contribution in [1.82, 2.24) is 0 Å². The van der Waals surface area contributed by atoms with Crippen LogP contribution in [0, 0.1) is 0 Å². The Labute approximate surface area is 272 Å². The maximum atomic E-state index is 6.65. The number of para-hydroxylation sites is 1. The molecule has 1 aliphatic heterocycles. The molecule has 238 valence electrons. The van der Waals surface area contributed by atoms with Crippen molar-refractivity contribution in [2.45, 2.75) is 110 Å². The molecule has 0 aliphatic carbocycles. The molecule has 0 N–H and O–H groups in total. The van der Waals surface area contributed by atoms with E-state index in [2.05, 4.69) is 125 Å². The zero-order chi connectivity index (χ0) is 32.0. The number of hydrogen-bond donors (Lipinski definition) is 0. The highest BCUT2D eigenvalue weighted by Crippen LogP contribution is 2.50. The predicted octanol–water partition coefficient (Wildman–Crippen LogP) is 10.7. The summed E-state index contributed by atoms with van der Waals surface area (Å²) in [4.78, 5) is 0. The average molecular weight is 605 g/mol. The summed E-state index contributed by atoms with van der Waals surface area (Å²) < 4.78 is 14.8. The van der Waals surface area contributed by atoms with E-state index in [1.807, 2.05) is 0 Å². The largest absolute Gasteiger partial charge is 0.491 e. The van der Waals surface area contributed by atoms with E-state index in [1.54, 1.807) is 7.11 Å². The number of unbranched alkanes of at least 4 members (excludes halogenated alkanes) is 2. The van der Waals surface area contributed by atoms with Crippen LogP contribution < -0.4 is 4.57 Å². The Morgan fingerprint density at radius 3 is 2.24 bits per heavy atom. The van der Waals surface area contributed by atoms with Crippen LogP contribution in [0.4, 0.5) is 0 Å². The van der Waals surface area contributed by atoms with Crippen LogP contribution in [0.2, 0.25) is 0 Å². The number of benzene rings is 3. The molecule has 2 unspecified atom stereocenters. The van der Waals surface area contributed by atoms with Crippen LogP contribution in [-0.4, -0.2) is 19.8 Å². The molecule has 2 atom stereocenters. The summed E-state index contributed by atoms with van der Waals surface area (Å²) in [6.07, 6.45) is 11.2. The van der Waals surface area contributed by atoms with Gasteiger partial charge in [-0.15, -0.1) is 0 Å². The summed E-state index contributed by atoms with van der Waals surface area (Å²) in [5, 5.41) is 1.31. The maximum absolute atomic E-state index is 6.65. The second kappa shape index (κ2) is 14.8. The first-order valence-corrected chi connectivity index (χ1v) is 17.4. The minimum absolute atomic E-state index is 0.0136. The fraction of sp³-hybridized carbons (Fsp3) is 0.452. The van der Waals surface area contributed by atoms with E-state index in [0.717, 1.165) is 31.4 Å². The molecule has 1 aliphatic rings. The standard InChI is InChI=1S/C42H54NO2/c1-8-12-16-32-20-22-33(23-21-32)34-24-25-38-37(28-34)41-36(17-13-9-2)27-35-18-14-15-19-39(35)43(41)40(42(38,10-3)11-4)29-45-31(6)26-30(5)44-7/h14-15,18-28,30,40H,8-13,16-17,29H2,1-7H3/q+1. The van der Waals surface area contributed by atoms with Crippen molar-refractivity contribution in [1.29, 1.82) is 0 Å². The van der Waals surface area contributed by atoms with Gasteiger partial charge in [-0.25, -0.2) is 0 Å². The van der Waals surface area contributed by atoms with Crippen LogP contribution in [-0.2, 0) is 27.7 Å². The molecule has 0 saturated heterocycles. The van der Waals surface area contributed by atoms with E-state index < -0.39 is 0 Å². The molecule has 2 heterocycles. The Morgan fingerprint density at radius 2 is 1.56 bits per heavy atom. The Morgan fingerprint density at radius 1 is 0.867 bits per heavy atom. The summed E-state index contributed by atoms with van der Waals surface area (Å²) in [6.45, 7) is 14.0. The number of pyridine rings is 1. The van der Waals surface area contributed by atoms with E-state index >= 15 is 0 Å². The highest BCUT2D eigenvalue weighted by molar-refractivity contribution is 5.82. The molecule has 0 fully saturated rings. The minimum Gasteiger partial charge on any atom is -0.491 e. The van der Waals surface area contributed by atoms with Gasteiger partial charge in [-0.2, -0.15) is 4.57 Å². The Bertz CT molecular complexity index is 1610. The molecular formula is C42H54NO2+. The third-order valence-electron chi connectivity index (χ3n) is 10.3. The molecule has 0 saturated carbocycles. The predicted molar refractivity (Wildman–Crippen MR) is 190 cm³/mol. The lowest BCUT2D eigenvalue weighted by molar-refractivity contribution is -0.703. The van der Waals surface area contributed by atoms with Crippen molar-refractivity contribution in [2.75, 3.05) is 13.7 Å². The van der Waals surface area contributed by atoms with Crippen molar-refractivity contribution < 1.29 is 14.0 Å². The molecule has 1 aromatic heterocycles. The molecule has 3 nitrogen and oxygen atoms in total. The average Bonchev–Trinajstić information content (AvgIpc) is 3.08. The van der Waals surface area contributed by atoms with Crippen LogP contribution in [0.3, 0.4) is 0 Å². The molecule has 5 rings (SSSR count). The topological polar surface area (TPSA) is 22.3 Å². The van der Waals surface area contributed by atoms with Crippen LogP contribution in [0.5, 0.6) is 0 Å². The highest BCUT2D eigenvalue weighted by Gasteiger charge is 2.52. The van der Waals surface area contributed by atoms with Gasteiger partial charge in [0.15, 0.2) is 6.61 Å². The lowest BCUT2D eigenvalue weighted by atomic mass is 9.65. The summed E-state index contributed by atoms with van der Waals surface area (Å²) in [5.74, 6) is 0.919. The molecule has 45 heavy (non-hydrogen) atoms. The minimum atomic E-state index is -0.0746. The van der Waals surface area contributed by atoms with Crippen molar-refractivity contribution in [3.63, 3.8) is 0 Å². The summed E-state index contributed by atoms with van der Waals surface area (Å²) in [5.41, 5.74) is 10.9. The lowest BCUT2D eigenvalue weighted by Crippen LogP contribution is -2.58. The van der Waals surface area contributed by atoms with Crippen molar-refractivity contribution in [3.8, 4) is 22.4 Å². The van der Waals surface area contributed by atoms with Gasteiger partial charge in [0.25, 0.3) is 0 Å². The normalized spacial score (nSPS) is 16.3. The molecule has 3 aromatic carbocycles. The molecule has 0 amide bonds. The SMILES string of the molecule is CCCCc1ccc(-c2ccc3c(c2)-c2c(CCCC)cc4ccccc4[n+]2C(COC(C)=CC(C)OC)C3(CC)CC)cc1. The number of allylic oxidation sites excluding steroid dienone is 1. The van der Waals surface area contributed by atoms with Crippen LogP contribution in [0.1, 0.15) is 103 Å². The fourth-order valence-corrected chi connectivity index (χ4v) is 7.56. The van der Waals surface area contributed by atoms with Gasteiger partial charge in [0.2, 0.25) is 17.3 Å². The van der Waals surface area contributed by atoms with Gasteiger partial charge >= 0.3 is 0 Å². The third-order valence-corrected chi connectivity index (χ3v) is 10.3. The summed E-state index contributed by atoms with van der Waals surface area (Å²) in [6, 6.07) is 28.2. The maximum Gasteiger partial charge on any atom is 0.216 e. The number of hydrogen-bond acceptors (Lipinski definition) is 2. The Hall–Kier alpha value is -3.43. The number of rotatable bonds is 14. The van der Waals surface area contributed by atoms with Gasteiger partial charge in [0, 0.05) is 24.1 Å². The number of aryl methyl sites for hydroxylation is 2. The fourth-order valence-electron chi connectivity index (χ4n) is 7.56. The molecule has 3 heteroatoms. The van der Waals surface area contributed by atoms with Crippen molar-refractivity contribution in [2.24, 2.45) is 0 Å². The van der Waals surface area contributed by atoms with Crippen LogP contribution in [0.25, 0.3) is 33.3 Å². The van der Waals surface area contributed by atoms with Crippen LogP contribution in [0.15, 0.2) is 84.6 Å². The van der Waals surface area contributed by atoms with Gasteiger partial charge in [-0.05, 0) is 98.9 Å². The highest BCUT2D eigenvalue weighted by atomic mass is 16.5. The molecule has 0 radical (unpaired) electrons. The van der Waals surface area contributed by atoms with Gasteiger partial charge in [0.05, 0.1) is 22.8 Å². The van der Waals surface area contributed by atoms with E-state index in [1.165, 1.54) is 75.7 Å². The quantitative estimate of drug-likeness (QED) is 0.106. The number of aromatic nitrogens is 1. The van der Waals surface area contributed by atoms with Gasteiger partial charge in [-0.3, -0.25) is 0 Å². The number of fused-ring (bicyclic) bond motifs is 5. The monoisotopic (exact) mass is 604 g/mol. The first-order chi connectivity index (χ1) is 21.9. The number of ether oxygens (including phenoxy) is 2. The van der Waals surface area contributed by atoms with E-state index in [0.29, 0.717) is 6.61 Å². The van der Waals surface area contributed by atoms with Gasteiger partial charge < -0.3 is 9.47 Å². The summed E-state index contributed by atoms with van der Waals surface area (Å²) >= 11 is 0. The lowest BCUT2D eigenvalue weighted by Gasteiger charge is -2.42. The Kier molecular flexibility index (Phi) is 10.8. The molecular weight excluding hydrogens is 550 g/mol. The van der Waals surface area contributed by atoms with Gasteiger partial charge in [-0.1, -0.05) is 89.1 Å². The molecule has 4 aromatic rings. The Balaban J connectivity index is 1.74. The molecule has 0 spiro atoms. The van der Waals surface area contributed by atoms with Crippen molar-refractivity contribution >= 4 is 10.9 Å². The van der Waals surface area contributed by atoms with Gasteiger partial charge in [0.1, 0.15) is 0 Å². The van der Waals surface area contributed by atoms with Crippen molar-refractivity contribution in [3.05, 3.63) is 101 Å². The number of methoxy groups -OCH3 is 1.